The van der Waals surface area contributed by atoms with E-state index >= 15 is 0 Å². The number of hydrogen-bond acceptors (Lipinski definition) is 4. The molecule has 0 aliphatic carbocycles. The van der Waals surface area contributed by atoms with Crippen LogP contribution < -0.4 is 14.8 Å². The lowest BCUT2D eigenvalue weighted by Gasteiger charge is -2.18. The van der Waals surface area contributed by atoms with Crippen LogP contribution in [0.3, 0.4) is 0 Å². The van der Waals surface area contributed by atoms with Crippen LogP contribution in [0.25, 0.3) is 0 Å². The Balaban J connectivity index is 1.97. The van der Waals surface area contributed by atoms with Gasteiger partial charge in [-0.1, -0.05) is 37.6 Å². The Morgan fingerprint density at radius 1 is 1.11 bits per heavy atom. The van der Waals surface area contributed by atoms with Gasteiger partial charge in [0.25, 0.3) is 0 Å². The Hall–Kier alpha value is -1.27. The predicted octanol–water partition coefficient (Wildman–Crippen LogP) is 5.12. The number of likely N-dealkylation sites (N-methyl/N-ethyl adjacent to an activating group) is 1. The minimum Gasteiger partial charge on any atom is -0.493 e. The summed E-state index contributed by atoms with van der Waals surface area (Å²) in [6, 6.07) is 11.7. The molecule has 2 aromatic rings. The van der Waals surface area contributed by atoms with E-state index in [2.05, 4.69) is 46.1 Å². The van der Waals surface area contributed by atoms with Gasteiger partial charge in [0.05, 0.1) is 11.6 Å². The zero-order chi connectivity index (χ0) is 19.6. The monoisotopic (exact) mass is 454 g/mol. The fourth-order valence-electron chi connectivity index (χ4n) is 2.81. The van der Waals surface area contributed by atoms with Crippen LogP contribution in [0.1, 0.15) is 25.0 Å². The average Bonchev–Trinajstić information content (AvgIpc) is 2.67. The fourth-order valence-corrected chi connectivity index (χ4v) is 3.62. The van der Waals surface area contributed by atoms with Gasteiger partial charge >= 0.3 is 0 Å². The highest BCUT2D eigenvalue weighted by atomic mass is 79.9. The Morgan fingerprint density at radius 3 is 2.56 bits per heavy atom. The average molecular weight is 456 g/mol. The van der Waals surface area contributed by atoms with E-state index in [1.807, 2.05) is 30.3 Å². The summed E-state index contributed by atoms with van der Waals surface area (Å²) in [4.78, 5) is 2.40. The molecule has 0 heterocycles. The van der Waals surface area contributed by atoms with Crippen LogP contribution in [-0.2, 0) is 13.2 Å². The highest BCUT2D eigenvalue weighted by Gasteiger charge is 2.12. The largest absolute Gasteiger partial charge is 0.493 e. The van der Waals surface area contributed by atoms with Crippen LogP contribution in [0.5, 0.6) is 11.5 Å². The summed E-state index contributed by atoms with van der Waals surface area (Å²) in [7, 11) is 1.66. The van der Waals surface area contributed by atoms with Crippen molar-refractivity contribution in [3.8, 4) is 11.5 Å². The first-order valence-electron chi connectivity index (χ1n) is 9.24. The summed E-state index contributed by atoms with van der Waals surface area (Å²) in [5.41, 5.74) is 2.16. The highest BCUT2D eigenvalue weighted by molar-refractivity contribution is 9.10. The van der Waals surface area contributed by atoms with Gasteiger partial charge in [0.15, 0.2) is 11.5 Å². The molecule has 2 aromatic carbocycles. The Bertz CT molecular complexity index is 723. The van der Waals surface area contributed by atoms with Crippen molar-refractivity contribution < 1.29 is 9.47 Å². The number of methoxy groups -OCH3 is 1. The van der Waals surface area contributed by atoms with Crippen molar-refractivity contribution >= 4 is 27.5 Å². The van der Waals surface area contributed by atoms with Gasteiger partial charge < -0.3 is 19.7 Å². The molecule has 0 aromatic heterocycles. The van der Waals surface area contributed by atoms with E-state index in [-0.39, 0.29) is 0 Å². The minimum atomic E-state index is 0.428. The number of halogens is 2. The molecule has 148 valence electrons. The molecule has 0 aliphatic heterocycles. The van der Waals surface area contributed by atoms with Gasteiger partial charge in [-0.2, -0.15) is 0 Å². The molecule has 0 unspecified atom stereocenters. The summed E-state index contributed by atoms with van der Waals surface area (Å²) in [6.07, 6.45) is 0. The molecule has 2 rings (SSSR count). The van der Waals surface area contributed by atoms with Crippen molar-refractivity contribution in [3.63, 3.8) is 0 Å². The van der Waals surface area contributed by atoms with Crippen molar-refractivity contribution in [2.24, 2.45) is 0 Å². The standard InChI is InChI=1S/C21H28BrClN2O2/c1-4-25(5-2)10-9-24-14-17-12-19(22)21(20(13-17)26-3)27-15-16-7-6-8-18(23)11-16/h6-8,11-13,24H,4-5,9-10,14-15H2,1-3H3. The molecule has 4 nitrogen and oxygen atoms in total. The van der Waals surface area contributed by atoms with Crippen LogP contribution in [0.2, 0.25) is 5.02 Å². The molecule has 0 spiro atoms. The number of hydrogen-bond donors (Lipinski definition) is 1. The number of benzene rings is 2. The maximum atomic E-state index is 6.04. The van der Waals surface area contributed by atoms with Gasteiger partial charge in [-0.3, -0.25) is 0 Å². The molecule has 0 radical (unpaired) electrons. The summed E-state index contributed by atoms with van der Waals surface area (Å²) in [5.74, 6) is 1.41. The lowest BCUT2D eigenvalue weighted by molar-refractivity contribution is 0.282. The third-order valence-electron chi connectivity index (χ3n) is 4.39. The van der Waals surface area contributed by atoms with Crippen LogP contribution in [0.15, 0.2) is 40.9 Å². The molecule has 0 amide bonds. The normalized spacial score (nSPS) is 11.0. The molecule has 6 heteroatoms. The van der Waals surface area contributed by atoms with Crippen LogP contribution in [0, 0.1) is 0 Å². The van der Waals surface area contributed by atoms with Crippen molar-refractivity contribution in [2.75, 3.05) is 33.3 Å². The number of ether oxygens (including phenoxy) is 2. The van der Waals surface area contributed by atoms with Gasteiger partial charge in [0.1, 0.15) is 6.61 Å². The summed E-state index contributed by atoms with van der Waals surface area (Å²) in [5, 5.41) is 4.19. The number of rotatable bonds is 11. The van der Waals surface area contributed by atoms with Crippen molar-refractivity contribution in [3.05, 3.63) is 57.0 Å². The van der Waals surface area contributed by atoms with E-state index < -0.39 is 0 Å². The van der Waals surface area contributed by atoms with E-state index in [1.54, 1.807) is 7.11 Å². The molecule has 0 fully saturated rings. The van der Waals surface area contributed by atoms with Gasteiger partial charge in [-0.15, -0.1) is 0 Å². The molecule has 0 aliphatic rings. The van der Waals surface area contributed by atoms with Crippen LogP contribution >= 0.6 is 27.5 Å². The first kappa shape index (κ1) is 22.0. The number of nitrogens with one attached hydrogen (secondary N) is 1. The van der Waals surface area contributed by atoms with Crippen molar-refractivity contribution in [1.29, 1.82) is 0 Å². The minimum absolute atomic E-state index is 0.428. The first-order valence-corrected chi connectivity index (χ1v) is 10.4. The Labute approximate surface area is 175 Å². The summed E-state index contributed by atoms with van der Waals surface area (Å²) < 4.78 is 12.4. The molecule has 0 atom stereocenters. The fraction of sp³-hybridized carbons (Fsp3) is 0.429. The van der Waals surface area contributed by atoms with E-state index in [4.69, 9.17) is 21.1 Å². The molecule has 0 saturated heterocycles. The van der Waals surface area contributed by atoms with Gasteiger partial charge in [-0.05, 0) is 64.4 Å². The third kappa shape index (κ3) is 7.00. The van der Waals surface area contributed by atoms with E-state index in [0.29, 0.717) is 23.1 Å². The molecule has 0 saturated carbocycles. The predicted molar refractivity (Wildman–Crippen MR) is 116 cm³/mol. The Morgan fingerprint density at radius 2 is 1.89 bits per heavy atom. The maximum absolute atomic E-state index is 6.04. The smallest absolute Gasteiger partial charge is 0.175 e. The van der Waals surface area contributed by atoms with E-state index in [1.165, 1.54) is 0 Å². The lowest BCUT2D eigenvalue weighted by Crippen LogP contribution is -2.31. The van der Waals surface area contributed by atoms with E-state index in [0.717, 1.165) is 48.3 Å². The highest BCUT2D eigenvalue weighted by Crippen LogP contribution is 2.37. The number of nitrogens with zero attached hydrogens (tertiary/aromatic N) is 1. The SMILES string of the molecule is CCN(CC)CCNCc1cc(Br)c(OCc2cccc(Cl)c2)c(OC)c1. The second-order valence-corrected chi connectivity index (χ2v) is 7.52. The topological polar surface area (TPSA) is 33.7 Å². The molecule has 27 heavy (non-hydrogen) atoms. The van der Waals surface area contributed by atoms with Crippen LogP contribution in [-0.4, -0.2) is 38.2 Å². The zero-order valence-corrected chi connectivity index (χ0v) is 18.6. The molecular weight excluding hydrogens is 428 g/mol. The van der Waals surface area contributed by atoms with E-state index in [9.17, 15) is 0 Å². The van der Waals surface area contributed by atoms with Crippen molar-refractivity contribution in [1.82, 2.24) is 10.2 Å². The molecule has 1 N–H and O–H groups in total. The zero-order valence-electron chi connectivity index (χ0n) is 16.2. The van der Waals surface area contributed by atoms with Gasteiger partial charge in [0.2, 0.25) is 0 Å². The van der Waals surface area contributed by atoms with Gasteiger partial charge in [0, 0.05) is 24.7 Å². The summed E-state index contributed by atoms with van der Waals surface area (Å²) >= 11 is 9.65. The lowest BCUT2D eigenvalue weighted by atomic mass is 10.2. The maximum Gasteiger partial charge on any atom is 0.175 e. The summed E-state index contributed by atoms with van der Waals surface area (Å²) in [6.45, 7) is 9.75. The molecule has 0 bridgehead atoms. The first-order chi connectivity index (χ1) is 13.1. The second-order valence-electron chi connectivity index (χ2n) is 6.23. The third-order valence-corrected chi connectivity index (χ3v) is 5.21. The Kier molecular flexibility index (Phi) is 9.42. The van der Waals surface area contributed by atoms with Gasteiger partial charge in [-0.25, -0.2) is 0 Å². The quantitative estimate of drug-likeness (QED) is 0.477. The van der Waals surface area contributed by atoms with Crippen LogP contribution in [0.4, 0.5) is 0 Å². The molecular formula is C21H28BrClN2O2. The van der Waals surface area contributed by atoms with Crippen molar-refractivity contribution in [2.45, 2.75) is 27.0 Å². The second kappa shape index (κ2) is 11.5.